The van der Waals surface area contributed by atoms with Crippen molar-refractivity contribution in [3.8, 4) is 0 Å². The van der Waals surface area contributed by atoms with Gasteiger partial charge < -0.3 is 0 Å². The van der Waals surface area contributed by atoms with Crippen molar-refractivity contribution < 1.29 is 0 Å². The Labute approximate surface area is 91.6 Å². The van der Waals surface area contributed by atoms with E-state index in [0.29, 0.717) is 0 Å². The van der Waals surface area contributed by atoms with Crippen LogP contribution in [0.4, 0.5) is 5.69 Å². The van der Waals surface area contributed by atoms with Gasteiger partial charge in [0.2, 0.25) is 0 Å². The molecule has 0 aromatic carbocycles. The van der Waals surface area contributed by atoms with Gasteiger partial charge in [0.25, 0.3) is 0 Å². The highest BCUT2D eigenvalue weighted by Crippen LogP contribution is 2.38. The van der Waals surface area contributed by atoms with E-state index in [2.05, 4.69) is 53.3 Å². The van der Waals surface area contributed by atoms with E-state index in [1.807, 2.05) is 12.1 Å². The van der Waals surface area contributed by atoms with Crippen molar-refractivity contribution in [3.05, 3.63) is 21.5 Å². The van der Waals surface area contributed by atoms with Gasteiger partial charge in [0.05, 0.1) is 11.4 Å². The number of hydrogen-bond acceptors (Lipinski definition) is 2. The quantitative estimate of drug-likeness (QED) is 0.531. The van der Waals surface area contributed by atoms with Gasteiger partial charge in [0, 0.05) is 11.1 Å². The molecule has 0 amide bonds. The van der Waals surface area contributed by atoms with Crippen LogP contribution in [-0.2, 0) is 5.41 Å². The highest BCUT2D eigenvalue weighted by molar-refractivity contribution is 14.1. The molecule has 0 saturated carbocycles. The second-order valence-corrected chi connectivity index (χ2v) is 4.93. The van der Waals surface area contributed by atoms with E-state index >= 15 is 0 Å². The van der Waals surface area contributed by atoms with E-state index in [-0.39, 0.29) is 5.41 Å². The maximum atomic E-state index is 4.53. The number of rotatable bonds is 0. The van der Waals surface area contributed by atoms with Crippen LogP contribution in [0, 0.1) is 3.70 Å². The van der Waals surface area contributed by atoms with Crippen LogP contribution in [0.5, 0.6) is 0 Å². The van der Waals surface area contributed by atoms with Crippen molar-refractivity contribution in [3.63, 3.8) is 0 Å². The largest absolute Gasteiger partial charge is 0.255 e. The number of aliphatic imine (C=N–C) groups is 1. The molecular formula is C10H11IN2. The number of pyridine rings is 1. The molecular weight excluding hydrogens is 275 g/mol. The minimum Gasteiger partial charge on any atom is -0.255 e. The van der Waals surface area contributed by atoms with Crippen molar-refractivity contribution in [2.24, 2.45) is 4.99 Å². The lowest BCUT2D eigenvalue weighted by molar-refractivity contribution is 0.702. The zero-order chi connectivity index (χ0) is 9.64. The van der Waals surface area contributed by atoms with Crippen molar-refractivity contribution >= 4 is 34.0 Å². The third kappa shape index (κ3) is 1.29. The van der Waals surface area contributed by atoms with Crippen LogP contribution in [-0.4, -0.2) is 10.7 Å². The Hall–Kier alpha value is -0.450. The molecule has 0 fully saturated rings. The first-order valence-electron chi connectivity index (χ1n) is 4.24. The molecule has 0 radical (unpaired) electrons. The lowest BCUT2D eigenvalue weighted by Crippen LogP contribution is -2.24. The third-order valence-corrected chi connectivity index (χ3v) is 3.23. The molecule has 1 aromatic rings. The second kappa shape index (κ2) is 2.77. The molecule has 0 unspecified atom stereocenters. The number of halogens is 1. The van der Waals surface area contributed by atoms with E-state index in [1.165, 1.54) is 0 Å². The molecule has 2 rings (SSSR count). The van der Waals surface area contributed by atoms with Gasteiger partial charge in [-0.1, -0.05) is 0 Å². The molecule has 0 spiro atoms. The van der Waals surface area contributed by atoms with Gasteiger partial charge in [-0.25, -0.2) is 4.98 Å². The summed E-state index contributed by atoms with van der Waals surface area (Å²) in [6, 6.07) is 4.04. The highest BCUT2D eigenvalue weighted by atomic mass is 127. The van der Waals surface area contributed by atoms with Crippen LogP contribution in [0.25, 0.3) is 0 Å². The molecule has 3 heteroatoms. The SMILES string of the molecule is CC1=Nc2ccc(I)nc2C1(C)C. The molecule has 2 nitrogen and oxygen atoms in total. The van der Waals surface area contributed by atoms with E-state index in [4.69, 9.17) is 0 Å². The summed E-state index contributed by atoms with van der Waals surface area (Å²) in [6.45, 7) is 6.40. The summed E-state index contributed by atoms with van der Waals surface area (Å²) >= 11 is 2.23. The summed E-state index contributed by atoms with van der Waals surface area (Å²) in [5, 5.41) is 0. The average molecular weight is 286 g/mol. The third-order valence-electron chi connectivity index (χ3n) is 2.62. The summed E-state index contributed by atoms with van der Waals surface area (Å²) in [7, 11) is 0. The fraction of sp³-hybridized carbons (Fsp3) is 0.400. The maximum Gasteiger partial charge on any atom is 0.101 e. The summed E-state index contributed by atoms with van der Waals surface area (Å²) in [4.78, 5) is 9.03. The van der Waals surface area contributed by atoms with Crippen molar-refractivity contribution in [1.82, 2.24) is 4.98 Å². The van der Waals surface area contributed by atoms with Gasteiger partial charge in [0.15, 0.2) is 0 Å². The monoisotopic (exact) mass is 286 g/mol. The summed E-state index contributed by atoms with van der Waals surface area (Å²) in [6.07, 6.45) is 0. The Morgan fingerprint density at radius 2 is 2.00 bits per heavy atom. The first-order chi connectivity index (χ1) is 6.01. The molecule has 0 bridgehead atoms. The van der Waals surface area contributed by atoms with E-state index < -0.39 is 0 Å². The Morgan fingerprint density at radius 3 is 2.69 bits per heavy atom. The molecule has 0 aliphatic carbocycles. The normalized spacial score (nSPS) is 18.3. The number of fused-ring (bicyclic) bond motifs is 1. The van der Waals surface area contributed by atoms with Crippen LogP contribution in [0.15, 0.2) is 17.1 Å². The smallest absolute Gasteiger partial charge is 0.101 e. The molecule has 1 aromatic heterocycles. The van der Waals surface area contributed by atoms with Crippen LogP contribution in [0.3, 0.4) is 0 Å². The molecule has 0 saturated heterocycles. The summed E-state index contributed by atoms with van der Waals surface area (Å²) in [5.74, 6) is 0. The number of hydrogen-bond donors (Lipinski definition) is 0. The number of nitrogens with zero attached hydrogens (tertiary/aromatic N) is 2. The summed E-state index contributed by atoms with van der Waals surface area (Å²) in [5.41, 5.74) is 3.30. The van der Waals surface area contributed by atoms with Crippen LogP contribution in [0.1, 0.15) is 26.5 Å². The lowest BCUT2D eigenvalue weighted by Gasteiger charge is -2.18. The summed E-state index contributed by atoms with van der Waals surface area (Å²) < 4.78 is 1.04. The van der Waals surface area contributed by atoms with E-state index in [1.54, 1.807) is 0 Å². The van der Waals surface area contributed by atoms with Crippen molar-refractivity contribution in [1.29, 1.82) is 0 Å². The van der Waals surface area contributed by atoms with Crippen LogP contribution < -0.4 is 0 Å². The maximum absolute atomic E-state index is 4.53. The predicted molar refractivity (Wildman–Crippen MR) is 62.7 cm³/mol. The Balaban J connectivity index is 2.65. The van der Waals surface area contributed by atoms with Gasteiger partial charge in [-0.05, 0) is 55.5 Å². The molecule has 2 heterocycles. The minimum absolute atomic E-state index is 0.0104. The van der Waals surface area contributed by atoms with Crippen LogP contribution >= 0.6 is 22.6 Å². The van der Waals surface area contributed by atoms with Gasteiger partial charge in [-0.3, -0.25) is 4.99 Å². The van der Waals surface area contributed by atoms with Crippen molar-refractivity contribution in [2.45, 2.75) is 26.2 Å². The molecule has 68 valence electrons. The van der Waals surface area contributed by atoms with E-state index in [9.17, 15) is 0 Å². The standard InChI is InChI=1S/C10H11IN2/c1-6-10(2,3)9-7(12-6)4-5-8(11)13-9/h4-5H,1-3H3. The average Bonchev–Trinajstić information content (AvgIpc) is 2.27. The van der Waals surface area contributed by atoms with E-state index in [0.717, 1.165) is 20.8 Å². The number of aromatic nitrogens is 1. The van der Waals surface area contributed by atoms with Crippen molar-refractivity contribution in [2.75, 3.05) is 0 Å². The topological polar surface area (TPSA) is 25.2 Å². The van der Waals surface area contributed by atoms with Crippen LogP contribution in [0.2, 0.25) is 0 Å². The first-order valence-corrected chi connectivity index (χ1v) is 5.32. The zero-order valence-electron chi connectivity index (χ0n) is 7.93. The molecule has 1 aliphatic rings. The second-order valence-electron chi connectivity index (χ2n) is 3.82. The molecule has 13 heavy (non-hydrogen) atoms. The first kappa shape index (κ1) is 9.12. The lowest BCUT2D eigenvalue weighted by atomic mass is 9.86. The zero-order valence-corrected chi connectivity index (χ0v) is 10.1. The Bertz CT molecular complexity index is 394. The Kier molecular flexibility index (Phi) is 1.94. The fourth-order valence-corrected chi connectivity index (χ4v) is 1.89. The van der Waals surface area contributed by atoms with Gasteiger partial charge in [-0.15, -0.1) is 0 Å². The van der Waals surface area contributed by atoms with Gasteiger partial charge in [0.1, 0.15) is 3.70 Å². The molecule has 0 N–H and O–H groups in total. The highest BCUT2D eigenvalue weighted by Gasteiger charge is 2.33. The van der Waals surface area contributed by atoms with Gasteiger partial charge >= 0.3 is 0 Å². The molecule has 1 aliphatic heterocycles. The minimum atomic E-state index is 0.0104. The predicted octanol–water partition coefficient (Wildman–Crippen LogP) is 3.07. The fourth-order valence-electron chi connectivity index (χ4n) is 1.47. The Morgan fingerprint density at radius 1 is 1.31 bits per heavy atom. The molecule has 0 atom stereocenters. The van der Waals surface area contributed by atoms with Gasteiger partial charge in [-0.2, -0.15) is 0 Å².